The van der Waals surface area contributed by atoms with Crippen molar-refractivity contribution in [2.75, 3.05) is 46.0 Å². The first-order chi connectivity index (χ1) is 18.5. The van der Waals surface area contributed by atoms with E-state index in [0.717, 1.165) is 57.8 Å². The van der Waals surface area contributed by atoms with Crippen LogP contribution in [0.15, 0.2) is 0 Å². The molecule has 4 fully saturated rings. The van der Waals surface area contributed by atoms with Crippen LogP contribution in [0.2, 0.25) is 0 Å². The first kappa shape index (κ1) is 32.7. The molecule has 3 unspecified atom stereocenters. The molecule has 2 N–H and O–H groups in total. The van der Waals surface area contributed by atoms with Crippen molar-refractivity contribution < 1.29 is 9.59 Å². The highest BCUT2D eigenvalue weighted by molar-refractivity contribution is 7.99. The second-order valence-electron chi connectivity index (χ2n) is 14.4. The largest absolute Gasteiger partial charge is 0.341 e. The molecule has 3 atom stereocenters. The van der Waals surface area contributed by atoms with Crippen molar-refractivity contribution in [3.8, 4) is 0 Å². The molecule has 0 aromatic heterocycles. The Hall–Kier alpha value is -0.790. The van der Waals surface area contributed by atoms with Crippen LogP contribution in [0, 0.1) is 16.7 Å². The van der Waals surface area contributed by atoms with Gasteiger partial charge in [-0.25, -0.2) is 0 Å². The van der Waals surface area contributed by atoms with Gasteiger partial charge in [-0.2, -0.15) is 11.8 Å². The van der Waals surface area contributed by atoms with E-state index in [0.29, 0.717) is 17.1 Å². The van der Waals surface area contributed by atoms with Gasteiger partial charge in [0.05, 0.1) is 12.1 Å². The van der Waals surface area contributed by atoms with Crippen LogP contribution >= 0.6 is 11.8 Å². The summed E-state index contributed by atoms with van der Waals surface area (Å²) in [5, 5.41) is 7.07. The number of carbonyl (C=O) groups is 2. The number of carbonyl (C=O) groups excluding carboxylic acids is 2. The van der Waals surface area contributed by atoms with E-state index < -0.39 is 0 Å². The molecule has 0 aromatic rings. The van der Waals surface area contributed by atoms with E-state index in [4.69, 9.17) is 0 Å². The summed E-state index contributed by atoms with van der Waals surface area (Å²) in [6, 6.07) is 0.0536. The monoisotopic (exact) mass is 564 g/mol. The molecule has 3 saturated heterocycles. The summed E-state index contributed by atoms with van der Waals surface area (Å²) in [5.74, 6) is 2.66. The quantitative estimate of drug-likeness (QED) is 0.433. The van der Waals surface area contributed by atoms with Crippen LogP contribution in [0.4, 0.5) is 0 Å². The molecule has 4 aliphatic rings. The van der Waals surface area contributed by atoms with E-state index in [9.17, 15) is 9.59 Å². The minimum Gasteiger partial charge on any atom is -0.341 e. The van der Waals surface area contributed by atoms with Crippen LogP contribution in [0.5, 0.6) is 0 Å². The second kappa shape index (κ2) is 15.4. The molecule has 3 aliphatic heterocycles. The van der Waals surface area contributed by atoms with Gasteiger partial charge in [-0.3, -0.25) is 9.59 Å². The summed E-state index contributed by atoms with van der Waals surface area (Å²) in [6.07, 6.45) is 16.2. The van der Waals surface area contributed by atoms with Crippen LogP contribution in [0.3, 0.4) is 0 Å². The Bertz CT molecular complexity index is 759. The molecule has 1 aliphatic carbocycles. The molecule has 3 heterocycles. The van der Waals surface area contributed by atoms with Gasteiger partial charge in [0.15, 0.2) is 0 Å². The zero-order valence-corrected chi connectivity index (χ0v) is 27.0. The fraction of sp³-hybridized carbons (Fsp3) is 0.938. The standard InChI is InChI=1S/C16H30N2OS.C16H30N2O/c1-16(2)9-8-14(17-3)15(19)18(12-16)11-13-7-5-4-6-10-20-13;1-16(2)10-9-14(17-3)15(19)18(12-16)11-13-7-5-4-6-8-13/h13-14,17H,4-12H2,1-3H3;13-14,17H,4-12H2,1-3H3. The van der Waals surface area contributed by atoms with Crippen LogP contribution in [0.25, 0.3) is 0 Å². The maximum absolute atomic E-state index is 12.7. The van der Waals surface area contributed by atoms with E-state index >= 15 is 0 Å². The van der Waals surface area contributed by atoms with E-state index in [1.54, 1.807) is 0 Å². The molecule has 4 rings (SSSR count). The highest BCUT2D eigenvalue weighted by Crippen LogP contribution is 2.33. The number of nitrogens with zero attached hydrogens (tertiary/aromatic N) is 2. The SMILES string of the molecule is CNC1CCC(C)(C)CN(CC2CCCCC2)C1=O.CNC1CCC(C)(C)CN(CC2CCCCCS2)C1=O. The lowest BCUT2D eigenvalue weighted by molar-refractivity contribution is -0.134. The fourth-order valence-electron chi connectivity index (χ4n) is 7.01. The number of amides is 2. The fourth-order valence-corrected chi connectivity index (χ4v) is 8.33. The number of nitrogens with one attached hydrogen (secondary N) is 2. The van der Waals surface area contributed by atoms with Crippen LogP contribution < -0.4 is 10.6 Å². The van der Waals surface area contributed by atoms with Crippen molar-refractivity contribution in [3.63, 3.8) is 0 Å². The van der Waals surface area contributed by atoms with E-state index in [2.05, 4.69) is 59.9 Å². The first-order valence-corrected chi connectivity index (χ1v) is 17.1. The van der Waals surface area contributed by atoms with E-state index in [1.807, 2.05) is 14.1 Å². The maximum atomic E-state index is 12.7. The molecule has 39 heavy (non-hydrogen) atoms. The highest BCUT2D eigenvalue weighted by Gasteiger charge is 2.36. The third-order valence-electron chi connectivity index (χ3n) is 9.53. The Morgan fingerprint density at radius 2 is 1.18 bits per heavy atom. The van der Waals surface area contributed by atoms with Crippen LogP contribution in [-0.4, -0.2) is 85.0 Å². The Morgan fingerprint density at radius 3 is 1.72 bits per heavy atom. The number of rotatable bonds is 6. The summed E-state index contributed by atoms with van der Waals surface area (Å²) in [4.78, 5) is 29.6. The van der Waals surface area contributed by atoms with Crippen molar-refractivity contribution >= 4 is 23.6 Å². The summed E-state index contributed by atoms with van der Waals surface area (Å²) in [7, 11) is 3.83. The zero-order chi connectivity index (χ0) is 28.5. The van der Waals surface area contributed by atoms with Crippen molar-refractivity contribution in [1.82, 2.24) is 20.4 Å². The zero-order valence-electron chi connectivity index (χ0n) is 26.2. The molecule has 2 amide bonds. The van der Waals surface area contributed by atoms with Gasteiger partial charge >= 0.3 is 0 Å². The van der Waals surface area contributed by atoms with Gasteiger partial charge in [-0.05, 0) is 88.0 Å². The third kappa shape index (κ3) is 10.5. The topological polar surface area (TPSA) is 64.7 Å². The molecule has 226 valence electrons. The summed E-state index contributed by atoms with van der Waals surface area (Å²) < 4.78 is 0. The van der Waals surface area contributed by atoms with Crippen molar-refractivity contribution in [3.05, 3.63) is 0 Å². The third-order valence-corrected chi connectivity index (χ3v) is 10.9. The van der Waals surface area contributed by atoms with Gasteiger partial charge in [0.1, 0.15) is 0 Å². The van der Waals surface area contributed by atoms with Gasteiger partial charge in [-0.1, -0.05) is 59.8 Å². The molecule has 0 aromatic carbocycles. The number of hydrogen-bond donors (Lipinski definition) is 2. The Labute approximate surface area is 244 Å². The highest BCUT2D eigenvalue weighted by atomic mass is 32.2. The second-order valence-corrected chi connectivity index (χ2v) is 15.8. The predicted octanol–water partition coefficient (Wildman–Crippen LogP) is 5.70. The average molecular weight is 565 g/mol. The van der Waals surface area contributed by atoms with E-state index in [-0.39, 0.29) is 22.9 Å². The lowest BCUT2D eigenvalue weighted by Crippen LogP contribution is -2.47. The molecular weight excluding hydrogens is 504 g/mol. The Morgan fingerprint density at radius 1 is 0.692 bits per heavy atom. The number of likely N-dealkylation sites (N-methyl/N-ethyl adjacent to an activating group) is 2. The van der Waals surface area contributed by atoms with Gasteiger partial charge in [-0.15, -0.1) is 0 Å². The number of likely N-dealkylation sites (tertiary alicyclic amines) is 2. The molecule has 0 bridgehead atoms. The van der Waals surface area contributed by atoms with Crippen molar-refractivity contribution in [2.45, 2.75) is 128 Å². The first-order valence-electron chi connectivity index (χ1n) is 16.1. The van der Waals surface area contributed by atoms with Gasteiger partial charge in [0.2, 0.25) is 11.8 Å². The maximum Gasteiger partial charge on any atom is 0.239 e. The molecule has 1 saturated carbocycles. The molecule has 6 nitrogen and oxygen atoms in total. The average Bonchev–Trinajstić information content (AvgIpc) is 3.26. The van der Waals surface area contributed by atoms with Gasteiger partial charge in [0, 0.05) is 31.4 Å². The summed E-state index contributed by atoms with van der Waals surface area (Å²) >= 11 is 2.08. The molecular formula is C32H60N4O2S. The van der Waals surface area contributed by atoms with Gasteiger partial charge < -0.3 is 20.4 Å². The summed E-state index contributed by atoms with van der Waals surface area (Å²) in [5.41, 5.74) is 0.507. The minimum atomic E-state index is 0.0209. The lowest BCUT2D eigenvalue weighted by Gasteiger charge is -2.34. The molecule has 0 spiro atoms. The Kier molecular flexibility index (Phi) is 13.0. The molecule has 0 radical (unpaired) electrons. The lowest BCUT2D eigenvalue weighted by atomic mass is 9.86. The van der Waals surface area contributed by atoms with Crippen molar-refractivity contribution in [1.29, 1.82) is 0 Å². The number of hydrogen-bond acceptors (Lipinski definition) is 5. The van der Waals surface area contributed by atoms with Crippen LogP contribution in [0.1, 0.15) is 111 Å². The smallest absolute Gasteiger partial charge is 0.239 e. The summed E-state index contributed by atoms with van der Waals surface area (Å²) in [6.45, 7) is 13.0. The minimum absolute atomic E-state index is 0.0209. The Balaban J connectivity index is 0.000000216. The van der Waals surface area contributed by atoms with E-state index in [1.165, 1.54) is 63.5 Å². The van der Waals surface area contributed by atoms with Crippen molar-refractivity contribution in [2.24, 2.45) is 16.7 Å². The predicted molar refractivity (Wildman–Crippen MR) is 166 cm³/mol. The normalized spacial score (nSPS) is 30.6. The van der Waals surface area contributed by atoms with Crippen LogP contribution in [-0.2, 0) is 9.59 Å². The van der Waals surface area contributed by atoms with Gasteiger partial charge in [0.25, 0.3) is 0 Å². The molecule has 7 heteroatoms. The number of thioether (sulfide) groups is 1.